The van der Waals surface area contributed by atoms with Gasteiger partial charge in [-0.1, -0.05) is 13.8 Å². The van der Waals surface area contributed by atoms with Crippen molar-refractivity contribution in [3.63, 3.8) is 0 Å². The van der Waals surface area contributed by atoms with Crippen molar-refractivity contribution in [1.29, 1.82) is 0 Å². The van der Waals surface area contributed by atoms with E-state index in [1.165, 1.54) is 0 Å². The molecule has 0 bridgehead atoms. The SMILES string of the molecule is [CH2-]C(C)C.[CH3-].[Mg+2]. The summed E-state index contributed by atoms with van der Waals surface area (Å²) in [4.78, 5) is 0. The molecule has 0 N–H and O–H groups in total. The maximum Gasteiger partial charge on any atom is 2.00 e. The Morgan fingerprint density at radius 3 is 1.33 bits per heavy atom. The predicted molar refractivity (Wildman–Crippen MR) is 32.4 cm³/mol. The van der Waals surface area contributed by atoms with E-state index in [2.05, 4.69) is 20.8 Å². The molecule has 0 nitrogen and oxygen atoms in total. The molecule has 0 saturated heterocycles. The van der Waals surface area contributed by atoms with Gasteiger partial charge in [-0.3, -0.25) is 0 Å². The van der Waals surface area contributed by atoms with E-state index in [0.29, 0.717) is 5.92 Å². The minimum atomic E-state index is 0. The molecule has 0 heterocycles. The maximum absolute atomic E-state index is 3.64. The van der Waals surface area contributed by atoms with E-state index in [0.717, 1.165) is 0 Å². The van der Waals surface area contributed by atoms with Crippen LogP contribution in [0.15, 0.2) is 0 Å². The van der Waals surface area contributed by atoms with Crippen LogP contribution in [0.5, 0.6) is 0 Å². The standard InChI is InChI=1S/C4H9.CH3.Mg/c1-4(2)3;;/h4H,1H2,2-3H3;1H3;/q2*-1;+2. The third-order valence-electron chi connectivity index (χ3n) is 0. The Bertz CT molecular complexity index is 8.66. The molecule has 0 aliphatic carbocycles. The predicted octanol–water partition coefficient (Wildman–Crippen LogP) is 1.55. The number of rotatable bonds is 0. The molecule has 0 unspecified atom stereocenters. The fourth-order valence-corrected chi connectivity index (χ4v) is 0. The summed E-state index contributed by atoms with van der Waals surface area (Å²) in [7, 11) is 0. The molecule has 0 spiro atoms. The van der Waals surface area contributed by atoms with Crippen molar-refractivity contribution in [3.8, 4) is 0 Å². The molecule has 0 radical (unpaired) electrons. The molecule has 0 aliphatic rings. The van der Waals surface area contributed by atoms with Gasteiger partial charge in [-0.05, 0) is 0 Å². The minimum Gasteiger partial charge on any atom is -0.358 e. The van der Waals surface area contributed by atoms with Gasteiger partial charge in [0.25, 0.3) is 0 Å². The van der Waals surface area contributed by atoms with Gasteiger partial charge >= 0.3 is 23.1 Å². The molecular weight excluding hydrogens is 84.4 g/mol. The molecule has 1 heteroatoms. The van der Waals surface area contributed by atoms with E-state index >= 15 is 0 Å². The van der Waals surface area contributed by atoms with E-state index in [1.54, 1.807) is 0 Å². The monoisotopic (exact) mass is 96.1 g/mol. The summed E-state index contributed by atoms with van der Waals surface area (Å²) in [6.07, 6.45) is 0. The van der Waals surface area contributed by atoms with Crippen LogP contribution in [0.3, 0.4) is 0 Å². The van der Waals surface area contributed by atoms with Gasteiger partial charge in [0.1, 0.15) is 0 Å². The number of hydrogen-bond acceptors (Lipinski definition) is 0. The third-order valence-corrected chi connectivity index (χ3v) is 0. The summed E-state index contributed by atoms with van der Waals surface area (Å²) < 4.78 is 0. The van der Waals surface area contributed by atoms with Crippen LogP contribution in [0, 0.1) is 20.3 Å². The zero-order valence-electron chi connectivity index (χ0n) is 4.99. The Balaban J connectivity index is -0.0000000450. The van der Waals surface area contributed by atoms with Gasteiger partial charge in [0.05, 0.1) is 0 Å². The molecule has 0 amide bonds. The van der Waals surface area contributed by atoms with Crippen LogP contribution in [-0.4, -0.2) is 23.1 Å². The van der Waals surface area contributed by atoms with E-state index < -0.39 is 0 Å². The van der Waals surface area contributed by atoms with Crippen LogP contribution in [0.1, 0.15) is 13.8 Å². The van der Waals surface area contributed by atoms with Crippen LogP contribution in [-0.2, 0) is 0 Å². The van der Waals surface area contributed by atoms with Gasteiger partial charge in [0.2, 0.25) is 0 Å². The Hall–Kier alpha value is 0.766. The summed E-state index contributed by atoms with van der Waals surface area (Å²) in [6, 6.07) is 0. The minimum absolute atomic E-state index is 0. The topological polar surface area (TPSA) is 0 Å². The van der Waals surface area contributed by atoms with Crippen molar-refractivity contribution in [3.05, 3.63) is 14.4 Å². The van der Waals surface area contributed by atoms with Crippen LogP contribution >= 0.6 is 0 Å². The fraction of sp³-hybridized carbons (Fsp3) is 0.600. The molecule has 0 saturated carbocycles. The first-order valence-electron chi connectivity index (χ1n) is 1.56. The van der Waals surface area contributed by atoms with Gasteiger partial charge in [0.15, 0.2) is 0 Å². The first-order chi connectivity index (χ1) is 1.73. The Kier molecular flexibility index (Phi) is 24.4. The van der Waals surface area contributed by atoms with Crippen molar-refractivity contribution in [2.24, 2.45) is 5.92 Å². The van der Waals surface area contributed by atoms with Crippen LogP contribution in [0.25, 0.3) is 0 Å². The van der Waals surface area contributed by atoms with Crippen LogP contribution < -0.4 is 0 Å². The quantitative estimate of drug-likeness (QED) is 0.317. The van der Waals surface area contributed by atoms with Crippen LogP contribution in [0.2, 0.25) is 0 Å². The van der Waals surface area contributed by atoms with Gasteiger partial charge < -0.3 is 14.4 Å². The van der Waals surface area contributed by atoms with Crippen molar-refractivity contribution in [2.45, 2.75) is 13.8 Å². The Morgan fingerprint density at radius 1 is 1.33 bits per heavy atom. The average Bonchev–Trinajstić information content (AvgIpc) is 0.811. The molecule has 6 heavy (non-hydrogen) atoms. The fourth-order valence-electron chi connectivity index (χ4n) is 0. The first-order valence-corrected chi connectivity index (χ1v) is 1.56. The largest absolute Gasteiger partial charge is 2.00 e. The number of hydrogen-bond donors (Lipinski definition) is 0. The first kappa shape index (κ1) is 15.9. The molecule has 0 aromatic rings. The van der Waals surface area contributed by atoms with Crippen molar-refractivity contribution in [2.75, 3.05) is 0 Å². The summed E-state index contributed by atoms with van der Waals surface area (Å²) in [5, 5.41) is 0. The maximum atomic E-state index is 3.64. The summed E-state index contributed by atoms with van der Waals surface area (Å²) in [6.45, 7) is 7.75. The second kappa shape index (κ2) is 9.23. The smallest absolute Gasteiger partial charge is 0.358 e. The zero-order valence-corrected chi connectivity index (χ0v) is 6.41. The molecule has 0 atom stereocenters. The van der Waals surface area contributed by atoms with Crippen molar-refractivity contribution in [1.82, 2.24) is 0 Å². The Labute approximate surface area is 57.5 Å². The summed E-state index contributed by atoms with van der Waals surface area (Å²) in [5.41, 5.74) is 0. The normalized spacial score (nSPS) is 6.00. The molecule has 0 fully saturated rings. The van der Waals surface area contributed by atoms with Crippen LogP contribution in [0.4, 0.5) is 0 Å². The molecule has 0 aromatic heterocycles. The van der Waals surface area contributed by atoms with E-state index in [-0.39, 0.29) is 30.5 Å². The molecular formula is C5H12Mg. The van der Waals surface area contributed by atoms with Gasteiger partial charge in [-0.25, -0.2) is 0 Å². The second-order valence-corrected chi connectivity index (χ2v) is 1.39. The Morgan fingerprint density at radius 2 is 1.33 bits per heavy atom. The second-order valence-electron chi connectivity index (χ2n) is 1.39. The third kappa shape index (κ3) is 115. The average molecular weight is 96.5 g/mol. The van der Waals surface area contributed by atoms with E-state index in [4.69, 9.17) is 0 Å². The van der Waals surface area contributed by atoms with E-state index in [1.807, 2.05) is 0 Å². The van der Waals surface area contributed by atoms with Gasteiger partial charge in [-0.15, -0.1) is 0 Å². The van der Waals surface area contributed by atoms with Crippen molar-refractivity contribution < 1.29 is 0 Å². The summed E-state index contributed by atoms with van der Waals surface area (Å²) in [5.74, 6) is 0.583. The zero-order chi connectivity index (χ0) is 3.58. The van der Waals surface area contributed by atoms with Gasteiger partial charge in [-0.2, -0.15) is 5.92 Å². The van der Waals surface area contributed by atoms with Crippen molar-refractivity contribution >= 4 is 23.1 Å². The molecule has 0 aliphatic heterocycles. The summed E-state index contributed by atoms with van der Waals surface area (Å²) >= 11 is 0. The molecule has 0 rings (SSSR count). The molecule has 0 aromatic carbocycles. The van der Waals surface area contributed by atoms with E-state index in [9.17, 15) is 0 Å². The molecule has 34 valence electrons. The van der Waals surface area contributed by atoms with Gasteiger partial charge in [0, 0.05) is 0 Å².